The van der Waals surface area contributed by atoms with Crippen LogP contribution < -0.4 is 15.1 Å². The third-order valence-corrected chi connectivity index (χ3v) is 7.39. The molecule has 3 aromatic carbocycles. The molecule has 0 atom stereocenters. The molecule has 184 valence electrons. The maximum Gasteiger partial charge on any atom is 0.133 e. The third kappa shape index (κ3) is 4.85. The first-order chi connectivity index (χ1) is 17.0. The molecule has 4 nitrogen and oxygen atoms in total. The van der Waals surface area contributed by atoms with E-state index in [0.717, 1.165) is 67.7 Å². The number of anilines is 3. The van der Waals surface area contributed by atoms with Gasteiger partial charge in [-0.1, -0.05) is 36.2 Å². The lowest BCUT2D eigenvalue weighted by Crippen LogP contribution is -2.46. The highest BCUT2D eigenvalue weighted by Gasteiger charge is 2.28. The van der Waals surface area contributed by atoms with Crippen LogP contribution in [0.4, 0.5) is 25.8 Å². The molecule has 35 heavy (non-hydrogen) atoms. The third-order valence-electron chi connectivity index (χ3n) is 6.78. The summed E-state index contributed by atoms with van der Waals surface area (Å²) in [5.74, 6) is -1.17. The van der Waals surface area contributed by atoms with E-state index in [1.54, 1.807) is 0 Å². The standard InChI is InChI=1S/C27H28Cl2F2N4/c1-2-8-33-9-11-34(12-10-33)19-14-21(20-7-6-18(30)13-25(20)31)22-16-32-17-35(26(22)15-19)27-23(28)4-3-5-24(27)29/h3-7,13-15,32H,2,8-12,16-17H2,1H3. The van der Waals surface area contributed by atoms with Gasteiger partial charge in [0.25, 0.3) is 0 Å². The number of hydrogen-bond donors (Lipinski definition) is 1. The van der Waals surface area contributed by atoms with E-state index in [2.05, 4.69) is 28.1 Å². The molecule has 2 aliphatic heterocycles. The number of nitrogens with one attached hydrogen (secondary N) is 1. The highest BCUT2D eigenvalue weighted by atomic mass is 35.5. The number of halogens is 4. The number of nitrogens with zero attached hydrogens (tertiary/aromatic N) is 3. The monoisotopic (exact) mass is 516 g/mol. The van der Waals surface area contributed by atoms with Gasteiger partial charge in [-0.15, -0.1) is 0 Å². The summed E-state index contributed by atoms with van der Waals surface area (Å²) in [6.45, 7) is 8.07. The van der Waals surface area contributed by atoms with Crippen LogP contribution in [0.5, 0.6) is 0 Å². The maximum absolute atomic E-state index is 15.0. The summed E-state index contributed by atoms with van der Waals surface area (Å²) < 4.78 is 28.8. The molecule has 0 aromatic heterocycles. The number of hydrogen-bond acceptors (Lipinski definition) is 4. The minimum Gasteiger partial charge on any atom is -0.369 e. The highest BCUT2D eigenvalue weighted by Crippen LogP contribution is 2.45. The number of benzene rings is 3. The first-order valence-corrected chi connectivity index (χ1v) is 12.7. The van der Waals surface area contributed by atoms with Crippen LogP contribution in [0.25, 0.3) is 11.1 Å². The lowest BCUT2D eigenvalue weighted by atomic mass is 9.94. The lowest BCUT2D eigenvalue weighted by molar-refractivity contribution is 0.258. The first-order valence-electron chi connectivity index (χ1n) is 12.0. The van der Waals surface area contributed by atoms with Crippen molar-refractivity contribution in [2.24, 2.45) is 0 Å². The Bertz CT molecular complexity index is 1210. The SMILES string of the molecule is CCCN1CCN(c2cc(-c3ccc(F)cc3F)c3c(c2)N(c2c(Cl)cccc2Cl)CNC3)CC1. The molecule has 0 amide bonds. The van der Waals surface area contributed by atoms with Gasteiger partial charge in [0.2, 0.25) is 0 Å². The summed E-state index contributed by atoms with van der Waals surface area (Å²) in [5, 5.41) is 4.48. The van der Waals surface area contributed by atoms with Crippen molar-refractivity contribution in [1.29, 1.82) is 0 Å². The van der Waals surface area contributed by atoms with Gasteiger partial charge < -0.3 is 9.80 Å². The lowest BCUT2D eigenvalue weighted by Gasteiger charge is -2.39. The summed E-state index contributed by atoms with van der Waals surface area (Å²) in [6.07, 6.45) is 1.13. The average Bonchev–Trinajstić information content (AvgIpc) is 2.84. The zero-order valence-corrected chi connectivity index (χ0v) is 21.1. The first kappa shape index (κ1) is 24.3. The Morgan fingerprint density at radius 3 is 2.34 bits per heavy atom. The molecule has 0 unspecified atom stereocenters. The van der Waals surface area contributed by atoms with E-state index >= 15 is 4.39 Å². The van der Waals surface area contributed by atoms with Gasteiger partial charge in [-0.2, -0.15) is 0 Å². The number of piperazine rings is 1. The van der Waals surface area contributed by atoms with Crippen LogP contribution in [0.3, 0.4) is 0 Å². The van der Waals surface area contributed by atoms with Crippen molar-refractivity contribution >= 4 is 40.3 Å². The van der Waals surface area contributed by atoms with Crippen LogP contribution >= 0.6 is 23.2 Å². The zero-order valence-electron chi connectivity index (χ0n) is 19.6. The zero-order chi connectivity index (χ0) is 24.5. The second kappa shape index (κ2) is 10.3. The van der Waals surface area contributed by atoms with Gasteiger partial charge in [-0.3, -0.25) is 10.2 Å². The van der Waals surface area contributed by atoms with Gasteiger partial charge in [0, 0.05) is 55.7 Å². The molecule has 1 fully saturated rings. The molecule has 1 N–H and O–H groups in total. The van der Waals surface area contributed by atoms with E-state index in [4.69, 9.17) is 23.2 Å². The van der Waals surface area contributed by atoms with Gasteiger partial charge in [0.1, 0.15) is 11.6 Å². The molecule has 0 spiro atoms. The molecular weight excluding hydrogens is 489 g/mol. The normalized spacial score (nSPS) is 16.5. The molecule has 2 heterocycles. The van der Waals surface area contributed by atoms with E-state index in [-0.39, 0.29) is 0 Å². The van der Waals surface area contributed by atoms with Crippen LogP contribution in [-0.2, 0) is 6.54 Å². The van der Waals surface area contributed by atoms with Crippen molar-refractivity contribution in [2.45, 2.75) is 19.9 Å². The van der Waals surface area contributed by atoms with Gasteiger partial charge in [-0.05, 0) is 60.5 Å². The van der Waals surface area contributed by atoms with Crippen molar-refractivity contribution in [1.82, 2.24) is 10.2 Å². The second-order valence-corrected chi connectivity index (χ2v) is 9.84. The molecule has 1 saturated heterocycles. The Labute approximate surface area is 215 Å². The molecule has 8 heteroatoms. The maximum atomic E-state index is 15.0. The smallest absolute Gasteiger partial charge is 0.133 e. The van der Waals surface area contributed by atoms with Gasteiger partial charge in [-0.25, -0.2) is 8.78 Å². The largest absolute Gasteiger partial charge is 0.369 e. The van der Waals surface area contributed by atoms with Gasteiger partial charge >= 0.3 is 0 Å². The summed E-state index contributed by atoms with van der Waals surface area (Å²) >= 11 is 13.2. The number of rotatable bonds is 5. The molecule has 3 aromatic rings. The van der Waals surface area contributed by atoms with E-state index in [1.165, 1.54) is 12.1 Å². The van der Waals surface area contributed by atoms with Crippen LogP contribution in [0.2, 0.25) is 10.0 Å². The topological polar surface area (TPSA) is 21.8 Å². The molecule has 0 bridgehead atoms. The van der Waals surface area contributed by atoms with E-state index in [9.17, 15) is 4.39 Å². The molecule has 2 aliphatic rings. The summed E-state index contributed by atoms with van der Waals surface area (Å²) in [7, 11) is 0. The van der Waals surface area contributed by atoms with Crippen molar-refractivity contribution in [3.05, 3.63) is 75.8 Å². The fraction of sp³-hybridized carbons (Fsp3) is 0.333. The fourth-order valence-electron chi connectivity index (χ4n) is 5.07. The van der Waals surface area contributed by atoms with Crippen molar-refractivity contribution in [3.8, 4) is 11.1 Å². The van der Waals surface area contributed by atoms with Crippen molar-refractivity contribution in [2.75, 3.05) is 49.2 Å². The van der Waals surface area contributed by atoms with Crippen LogP contribution in [0.1, 0.15) is 18.9 Å². The minimum absolute atomic E-state index is 0.378. The Morgan fingerprint density at radius 2 is 1.66 bits per heavy atom. The number of para-hydroxylation sites is 1. The molecule has 0 aliphatic carbocycles. The van der Waals surface area contributed by atoms with Crippen LogP contribution in [0, 0.1) is 11.6 Å². The van der Waals surface area contributed by atoms with Crippen LogP contribution in [0.15, 0.2) is 48.5 Å². The predicted molar refractivity (Wildman–Crippen MR) is 141 cm³/mol. The van der Waals surface area contributed by atoms with Gasteiger partial charge in [0.15, 0.2) is 0 Å². The summed E-state index contributed by atoms with van der Waals surface area (Å²) in [4.78, 5) is 6.85. The Balaban J connectivity index is 1.64. The Morgan fingerprint density at radius 1 is 0.914 bits per heavy atom. The Kier molecular flexibility index (Phi) is 7.17. The fourth-order valence-corrected chi connectivity index (χ4v) is 5.67. The molecule has 0 saturated carbocycles. The molecule has 5 rings (SSSR count). The predicted octanol–water partition coefficient (Wildman–Crippen LogP) is 6.67. The average molecular weight is 517 g/mol. The molecule has 0 radical (unpaired) electrons. The Hall–Kier alpha value is -2.38. The van der Waals surface area contributed by atoms with E-state index in [1.807, 2.05) is 29.2 Å². The quantitative estimate of drug-likeness (QED) is 0.408. The van der Waals surface area contributed by atoms with Crippen LogP contribution in [-0.4, -0.2) is 44.3 Å². The number of fused-ring (bicyclic) bond motifs is 1. The summed E-state index contributed by atoms with van der Waals surface area (Å²) in [5.41, 5.74) is 4.68. The second-order valence-electron chi connectivity index (χ2n) is 9.03. The van der Waals surface area contributed by atoms with Crippen molar-refractivity contribution < 1.29 is 8.78 Å². The minimum atomic E-state index is -0.592. The van der Waals surface area contributed by atoms with Gasteiger partial charge in [0.05, 0.1) is 22.4 Å². The summed E-state index contributed by atoms with van der Waals surface area (Å²) in [6, 6.07) is 13.4. The van der Waals surface area contributed by atoms with E-state index in [0.29, 0.717) is 34.5 Å². The highest BCUT2D eigenvalue weighted by molar-refractivity contribution is 6.39. The molecular formula is C27H28Cl2F2N4. The van der Waals surface area contributed by atoms with E-state index < -0.39 is 11.6 Å². The van der Waals surface area contributed by atoms with Crippen molar-refractivity contribution in [3.63, 3.8) is 0 Å².